The summed E-state index contributed by atoms with van der Waals surface area (Å²) in [6.45, 7) is 6.57. The molecule has 0 aromatic heterocycles. The van der Waals surface area contributed by atoms with Gasteiger partial charge in [-0.1, -0.05) is 20.3 Å². The fourth-order valence-electron chi connectivity index (χ4n) is 8.66. The summed E-state index contributed by atoms with van der Waals surface area (Å²) in [5.41, 5.74) is 0.255. The van der Waals surface area contributed by atoms with Crippen molar-refractivity contribution in [2.24, 2.45) is 46.8 Å². The lowest BCUT2D eigenvalue weighted by atomic mass is 9.49. The Balaban J connectivity index is 1.28. The zero-order valence-corrected chi connectivity index (χ0v) is 18.1. The van der Waals surface area contributed by atoms with Gasteiger partial charge in [-0.15, -0.1) is 0 Å². The number of amides is 1. The second-order valence-corrected chi connectivity index (χ2v) is 11.4. The number of hydrogen-bond acceptors (Lipinski definition) is 2. The van der Waals surface area contributed by atoms with Crippen molar-refractivity contribution in [1.29, 1.82) is 0 Å². The Bertz CT molecular complexity index is 585. The molecule has 0 spiro atoms. The van der Waals surface area contributed by atoms with E-state index in [0.717, 1.165) is 68.0 Å². The molecule has 28 heavy (non-hydrogen) atoms. The van der Waals surface area contributed by atoms with Crippen molar-refractivity contribution in [3.63, 3.8) is 0 Å². The van der Waals surface area contributed by atoms with Gasteiger partial charge in [-0.2, -0.15) is 0 Å². The van der Waals surface area contributed by atoms with Gasteiger partial charge in [0.05, 0.1) is 0 Å². The molecule has 4 saturated carbocycles. The molecule has 8 unspecified atom stereocenters. The maximum Gasteiger partial charge on any atom is 0.223 e. The van der Waals surface area contributed by atoms with Gasteiger partial charge in [0.15, 0.2) is 0 Å². The molecule has 5 rings (SSSR count). The molecule has 3 heteroatoms. The first-order valence-corrected chi connectivity index (χ1v) is 12.4. The van der Waals surface area contributed by atoms with Gasteiger partial charge >= 0.3 is 0 Å². The number of carbonyl (C=O) groups excluding carboxylic acids is 1. The molecule has 1 saturated heterocycles. The highest BCUT2D eigenvalue weighted by Gasteiger charge is 2.58. The van der Waals surface area contributed by atoms with Crippen molar-refractivity contribution in [3.8, 4) is 0 Å². The molecule has 5 aliphatic rings. The van der Waals surface area contributed by atoms with Crippen molar-refractivity contribution in [2.45, 2.75) is 90.5 Å². The fourth-order valence-corrected chi connectivity index (χ4v) is 8.66. The molecule has 1 aliphatic heterocycles. The van der Waals surface area contributed by atoms with Gasteiger partial charge in [0.25, 0.3) is 0 Å². The molecule has 3 nitrogen and oxygen atoms in total. The minimum Gasteiger partial charge on any atom is -0.381 e. The summed E-state index contributed by atoms with van der Waals surface area (Å²) in [6, 6.07) is 0.347. The van der Waals surface area contributed by atoms with Crippen LogP contribution in [-0.2, 0) is 9.53 Å². The van der Waals surface area contributed by atoms with E-state index in [1.54, 1.807) is 0 Å². The number of ether oxygens (including phenoxy) is 1. The summed E-state index contributed by atoms with van der Waals surface area (Å²) in [7, 11) is 0. The molecule has 1 amide bonds. The van der Waals surface area contributed by atoms with E-state index in [4.69, 9.17) is 4.74 Å². The predicted octanol–water partition coefficient (Wildman–Crippen LogP) is 5.19. The highest BCUT2D eigenvalue weighted by molar-refractivity contribution is 5.80. The van der Waals surface area contributed by atoms with Gasteiger partial charge in [0, 0.05) is 25.2 Å². The van der Waals surface area contributed by atoms with Crippen molar-refractivity contribution in [2.75, 3.05) is 13.2 Å². The van der Waals surface area contributed by atoms with E-state index >= 15 is 0 Å². The van der Waals surface area contributed by atoms with Crippen LogP contribution in [0.5, 0.6) is 0 Å². The standard InChI is InChI=1S/C25H41NO2/c1-16-3-5-19-17(15-16)4-6-21-20(19)9-12-25(2)22(21)7-8-23(25)24(27)26-18-10-13-28-14-11-18/h16-23H,3-15H2,1-2H3,(H,26,27). The van der Waals surface area contributed by atoms with Crippen LogP contribution in [0.4, 0.5) is 0 Å². The summed E-state index contributed by atoms with van der Waals surface area (Å²) in [6.07, 6.45) is 14.5. The van der Waals surface area contributed by atoms with Crippen molar-refractivity contribution < 1.29 is 9.53 Å². The molecule has 1 N–H and O–H groups in total. The average molecular weight is 388 g/mol. The Morgan fingerprint density at radius 2 is 1.68 bits per heavy atom. The Morgan fingerprint density at radius 1 is 0.893 bits per heavy atom. The van der Waals surface area contributed by atoms with Crippen LogP contribution >= 0.6 is 0 Å². The molecular weight excluding hydrogens is 346 g/mol. The van der Waals surface area contributed by atoms with Gasteiger partial charge in [-0.25, -0.2) is 0 Å². The third-order valence-electron chi connectivity index (χ3n) is 10.1. The quantitative estimate of drug-likeness (QED) is 0.708. The van der Waals surface area contributed by atoms with E-state index in [9.17, 15) is 4.79 Å². The van der Waals surface area contributed by atoms with Crippen molar-refractivity contribution >= 4 is 5.91 Å². The normalized spacial score (nSPS) is 49.0. The molecule has 8 atom stereocenters. The average Bonchev–Trinajstić information content (AvgIpc) is 3.05. The minimum absolute atomic E-state index is 0.255. The van der Waals surface area contributed by atoms with Crippen molar-refractivity contribution in [3.05, 3.63) is 0 Å². The van der Waals surface area contributed by atoms with Gasteiger partial charge in [0.1, 0.15) is 0 Å². The van der Waals surface area contributed by atoms with Crippen molar-refractivity contribution in [1.82, 2.24) is 5.32 Å². The smallest absolute Gasteiger partial charge is 0.223 e. The highest BCUT2D eigenvalue weighted by atomic mass is 16.5. The molecule has 0 aromatic carbocycles. The lowest BCUT2D eigenvalue weighted by Crippen LogP contribution is -2.51. The number of hydrogen-bond donors (Lipinski definition) is 1. The first-order valence-electron chi connectivity index (χ1n) is 12.4. The maximum atomic E-state index is 13.2. The molecule has 4 aliphatic carbocycles. The zero-order valence-electron chi connectivity index (χ0n) is 18.1. The van der Waals surface area contributed by atoms with Crippen LogP contribution in [0.15, 0.2) is 0 Å². The Morgan fingerprint density at radius 3 is 2.50 bits per heavy atom. The molecule has 158 valence electrons. The first-order chi connectivity index (χ1) is 13.6. The number of fused-ring (bicyclic) bond motifs is 5. The largest absolute Gasteiger partial charge is 0.381 e. The monoisotopic (exact) mass is 387 g/mol. The summed E-state index contributed by atoms with van der Waals surface area (Å²) < 4.78 is 5.47. The van der Waals surface area contributed by atoms with Crippen LogP contribution in [0.1, 0.15) is 84.5 Å². The van der Waals surface area contributed by atoms with Crippen LogP contribution in [0.25, 0.3) is 0 Å². The second kappa shape index (κ2) is 7.60. The molecule has 1 heterocycles. The lowest BCUT2D eigenvalue weighted by molar-refractivity contribution is -0.134. The summed E-state index contributed by atoms with van der Waals surface area (Å²) in [4.78, 5) is 13.2. The topological polar surface area (TPSA) is 38.3 Å². The molecule has 0 radical (unpaired) electrons. The van der Waals surface area contributed by atoms with E-state index in [0.29, 0.717) is 11.9 Å². The molecular formula is C25H41NO2. The summed E-state index contributed by atoms with van der Waals surface area (Å²) in [5, 5.41) is 3.42. The number of carbonyl (C=O) groups is 1. The lowest BCUT2D eigenvalue weighted by Gasteiger charge is -2.56. The third kappa shape index (κ3) is 3.24. The Labute approximate surface area is 171 Å². The molecule has 5 fully saturated rings. The predicted molar refractivity (Wildman–Crippen MR) is 112 cm³/mol. The van der Waals surface area contributed by atoms with E-state index < -0.39 is 0 Å². The molecule has 0 aromatic rings. The van der Waals surface area contributed by atoms with E-state index in [2.05, 4.69) is 19.2 Å². The molecule has 0 bridgehead atoms. The van der Waals surface area contributed by atoms with Gasteiger partial charge in [-0.05, 0) is 105 Å². The first kappa shape index (κ1) is 19.4. The number of rotatable bonds is 2. The van der Waals surface area contributed by atoms with Crippen LogP contribution in [0.3, 0.4) is 0 Å². The highest BCUT2D eigenvalue weighted by Crippen LogP contribution is 2.64. The van der Waals surface area contributed by atoms with Crippen LogP contribution < -0.4 is 5.32 Å². The Hall–Kier alpha value is -0.570. The minimum atomic E-state index is 0.255. The fraction of sp³-hybridized carbons (Fsp3) is 0.960. The van der Waals surface area contributed by atoms with E-state index in [1.807, 2.05) is 0 Å². The third-order valence-corrected chi connectivity index (χ3v) is 10.1. The van der Waals surface area contributed by atoms with Crippen LogP contribution in [-0.4, -0.2) is 25.2 Å². The van der Waals surface area contributed by atoms with Crippen LogP contribution in [0, 0.1) is 46.8 Å². The summed E-state index contributed by atoms with van der Waals surface area (Å²) in [5.74, 6) is 6.29. The van der Waals surface area contributed by atoms with Crippen LogP contribution in [0.2, 0.25) is 0 Å². The van der Waals surface area contributed by atoms with E-state index in [-0.39, 0.29) is 11.3 Å². The zero-order chi connectivity index (χ0) is 19.3. The Kier molecular flexibility index (Phi) is 5.26. The van der Waals surface area contributed by atoms with E-state index in [1.165, 1.54) is 51.4 Å². The van der Waals surface area contributed by atoms with Gasteiger partial charge in [-0.3, -0.25) is 4.79 Å². The SMILES string of the molecule is CC1CCC2C(CCC3C2CCC2(C)C(C(=O)NC4CCOCC4)CCC32)C1. The summed E-state index contributed by atoms with van der Waals surface area (Å²) >= 11 is 0. The van der Waals surface area contributed by atoms with Gasteiger partial charge in [0.2, 0.25) is 5.91 Å². The maximum absolute atomic E-state index is 13.2. The van der Waals surface area contributed by atoms with Gasteiger partial charge < -0.3 is 10.1 Å². The second-order valence-electron chi connectivity index (χ2n) is 11.4. The number of nitrogens with one attached hydrogen (secondary N) is 1.